The molecule has 1 heteroatoms. The fraction of sp³-hybridized carbons (Fsp3) is 0.846. The Morgan fingerprint density at radius 2 is 2.07 bits per heavy atom. The molecular weight excluding hydrogens is 170 g/mol. The lowest BCUT2D eigenvalue weighted by molar-refractivity contribution is 0.327. The first-order chi connectivity index (χ1) is 6.88. The van der Waals surface area contributed by atoms with E-state index in [0.29, 0.717) is 0 Å². The third kappa shape index (κ3) is 3.72. The predicted molar refractivity (Wildman–Crippen MR) is 62.1 cm³/mol. The van der Waals surface area contributed by atoms with Crippen molar-refractivity contribution in [2.45, 2.75) is 57.4 Å². The molecule has 2 atom stereocenters. The van der Waals surface area contributed by atoms with Crippen LogP contribution in [-0.4, -0.2) is 13.1 Å². The van der Waals surface area contributed by atoms with Gasteiger partial charge in [-0.1, -0.05) is 19.3 Å². The van der Waals surface area contributed by atoms with Crippen molar-refractivity contribution in [1.82, 2.24) is 5.32 Å². The van der Waals surface area contributed by atoms with Gasteiger partial charge in [0.25, 0.3) is 0 Å². The van der Waals surface area contributed by atoms with Crippen molar-refractivity contribution in [3.8, 4) is 12.3 Å². The summed E-state index contributed by atoms with van der Waals surface area (Å²) in [6, 6.07) is 0.746. The highest BCUT2D eigenvalue weighted by Crippen LogP contribution is 2.27. The van der Waals surface area contributed by atoms with E-state index in [4.69, 9.17) is 6.42 Å². The van der Waals surface area contributed by atoms with E-state index in [2.05, 4.69) is 18.3 Å². The van der Waals surface area contributed by atoms with Crippen LogP contribution in [0.2, 0.25) is 0 Å². The minimum atomic E-state index is 0.746. The maximum absolute atomic E-state index is 5.28. The number of nitrogens with one attached hydrogen (secondary N) is 1. The zero-order valence-electron chi connectivity index (χ0n) is 9.39. The van der Waals surface area contributed by atoms with Crippen molar-refractivity contribution in [1.29, 1.82) is 0 Å². The average Bonchev–Trinajstić information content (AvgIpc) is 2.43. The smallest absolute Gasteiger partial charge is 0.00923 e. The Balaban J connectivity index is 2.33. The van der Waals surface area contributed by atoms with Crippen LogP contribution in [0, 0.1) is 18.3 Å². The molecule has 0 aromatic carbocycles. The summed E-state index contributed by atoms with van der Waals surface area (Å²) in [4.78, 5) is 0. The summed E-state index contributed by atoms with van der Waals surface area (Å²) in [6.07, 6.45) is 15.7. The predicted octanol–water partition coefficient (Wildman–Crippen LogP) is 2.96. The van der Waals surface area contributed by atoms with Gasteiger partial charge in [-0.05, 0) is 38.6 Å². The molecule has 1 aliphatic carbocycles. The van der Waals surface area contributed by atoms with Crippen molar-refractivity contribution in [2.24, 2.45) is 5.92 Å². The molecule has 1 nitrogen and oxygen atoms in total. The van der Waals surface area contributed by atoms with E-state index in [0.717, 1.165) is 18.4 Å². The lowest BCUT2D eigenvalue weighted by Crippen LogP contribution is -2.32. The first kappa shape index (κ1) is 11.6. The SMILES string of the molecule is C#CCCCC1CCCCCC1NC. The first-order valence-corrected chi connectivity index (χ1v) is 5.99. The molecule has 0 aromatic heterocycles. The topological polar surface area (TPSA) is 12.0 Å². The van der Waals surface area contributed by atoms with Crippen LogP contribution >= 0.6 is 0 Å². The monoisotopic (exact) mass is 193 g/mol. The first-order valence-electron chi connectivity index (χ1n) is 5.99. The molecule has 1 saturated carbocycles. The maximum atomic E-state index is 5.28. The van der Waals surface area contributed by atoms with Gasteiger partial charge in [0.15, 0.2) is 0 Å². The van der Waals surface area contributed by atoms with Crippen LogP contribution in [0.3, 0.4) is 0 Å². The Hall–Kier alpha value is -0.480. The number of hydrogen-bond acceptors (Lipinski definition) is 1. The van der Waals surface area contributed by atoms with Crippen LogP contribution < -0.4 is 5.32 Å². The number of hydrogen-bond donors (Lipinski definition) is 1. The van der Waals surface area contributed by atoms with Gasteiger partial charge in [-0.25, -0.2) is 0 Å². The minimum Gasteiger partial charge on any atom is -0.317 e. The van der Waals surface area contributed by atoms with E-state index in [1.807, 2.05) is 0 Å². The molecule has 14 heavy (non-hydrogen) atoms. The van der Waals surface area contributed by atoms with Crippen LogP contribution in [-0.2, 0) is 0 Å². The Bertz CT molecular complexity index is 180. The summed E-state index contributed by atoms with van der Waals surface area (Å²) in [6.45, 7) is 0. The van der Waals surface area contributed by atoms with Gasteiger partial charge < -0.3 is 5.32 Å². The molecule has 0 aromatic rings. The minimum absolute atomic E-state index is 0.746. The lowest BCUT2D eigenvalue weighted by atomic mass is 9.90. The normalized spacial score (nSPS) is 28.0. The summed E-state index contributed by atoms with van der Waals surface area (Å²) < 4.78 is 0. The second-order valence-electron chi connectivity index (χ2n) is 4.39. The highest BCUT2D eigenvalue weighted by molar-refractivity contribution is 4.85. The Morgan fingerprint density at radius 3 is 2.79 bits per heavy atom. The molecule has 1 fully saturated rings. The van der Waals surface area contributed by atoms with E-state index >= 15 is 0 Å². The molecule has 0 amide bonds. The molecule has 1 rings (SSSR count). The van der Waals surface area contributed by atoms with E-state index in [-0.39, 0.29) is 0 Å². The summed E-state index contributed by atoms with van der Waals surface area (Å²) in [5, 5.41) is 3.47. The molecule has 80 valence electrons. The van der Waals surface area contributed by atoms with Crippen molar-refractivity contribution >= 4 is 0 Å². The Morgan fingerprint density at radius 1 is 1.29 bits per heavy atom. The largest absolute Gasteiger partial charge is 0.317 e. The average molecular weight is 193 g/mol. The fourth-order valence-electron chi connectivity index (χ4n) is 2.58. The van der Waals surface area contributed by atoms with Gasteiger partial charge in [0.05, 0.1) is 0 Å². The molecule has 1 aliphatic rings. The van der Waals surface area contributed by atoms with Gasteiger partial charge >= 0.3 is 0 Å². The van der Waals surface area contributed by atoms with Crippen LogP contribution in [0.25, 0.3) is 0 Å². The van der Waals surface area contributed by atoms with Crippen LogP contribution in [0.15, 0.2) is 0 Å². The molecule has 0 bridgehead atoms. The zero-order chi connectivity index (χ0) is 10.2. The van der Waals surface area contributed by atoms with Gasteiger partial charge in [-0.2, -0.15) is 0 Å². The van der Waals surface area contributed by atoms with Crippen LogP contribution in [0.1, 0.15) is 51.4 Å². The molecule has 0 radical (unpaired) electrons. The fourth-order valence-corrected chi connectivity index (χ4v) is 2.58. The van der Waals surface area contributed by atoms with E-state index in [9.17, 15) is 0 Å². The molecule has 0 heterocycles. The summed E-state index contributed by atoms with van der Waals surface area (Å²) >= 11 is 0. The van der Waals surface area contributed by atoms with Gasteiger partial charge in [0.1, 0.15) is 0 Å². The van der Waals surface area contributed by atoms with Crippen molar-refractivity contribution in [3.63, 3.8) is 0 Å². The standard InChI is InChI=1S/C13H23N/c1-3-4-6-9-12-10-7-5-8-11-13(12)14-2/h1,12-14H,4-11H2,2H3. The molecular formula is C13H23N. The van der Waals surface area contributed by atoms with Crippen LogP contribution in [0.5, 0.6) is 0 Å². The highest BCUT2D eigenvalue weighted by Gasteiger charge is 2.21. The Labute approximate surface area is 88.7 Å². The number of terminal acetylenes is 1. The highest BCUT2D eigenvalue weighted by atomic mass is 14.9. The van der Waals surface area contributed by atoms with E-state index in [1.165, 1.54) is 44.9 Å². The van der Waals surface area contributed by atoms with Crippen molar-refractivity contribution < 1.29 is 0 Å². The lowest BCUT2D eigenvalue weighted by Gasteiger charge is -2.24. The zero-order valence-corrected chi connectivity index (χ0v) is 9.39. The van der Waals surface area contributed by atoms with Gasteiger partial charge in [-0.15, -0.1) is 12.3 Å². The van der Waals surface area contributed by atoms with Gasteiger partial charge in [0, 0.05) is 12.5 Å². The second-order valence-corrected chi connectivity index (χ2v) is 4.39. The summed E-state index contributed by atoms with van der Waals surface area (Å²) in [5.74, 6) is 3.61. The van der Waals surface area contributed by atoms with Crippen molar-refractivity contribution in [2.75, 3.05) is 7.05 Å². The summed E-state index contributed by atoms with van der Waals surface area (Å²) in [7, 11) is 2.10. The summed E-state index contributed by atoms with van der Waals surface area (Å²) in [5.41, 5.74) is 0. The molecule has 1 N–H and O–H groups in total. The quantitative estimate of drug-likeness (QED) is 0.411. The van der Waals surface area contributed by atoms with Gasteiger partial charge in [-0.3, -0.25) is 0 Å². The molecule has 0 saturated heterocycles. The molecule has 2 unspecified atom stereocenters. The van der Waals surface area contributed by atoms with Crippen molar-refractivity contribution in [3.05, 3.63) is 0 Å². The van der Waals surface area contributed by atoms with E-state index in [1.54, 1.807) is 0 Å². The number of unbranched alkanes of at least 4 members (excludes halogenated alkanes) is 1. The third-order valence-corrected chi connectivity index (χ3v) is 3.43. The second kappa shape index (κ2) is 6.90. The van der Waals surface area contributed by atoms with E-state index < -0.39 is 0 Å². The third-order valence-electron chi connectivity index (χ3n) is 3.43. The van der Waals surface area contributed by atoms with Crippen LogP contribution in [0.4, 0.5) is 0 Å². The molecule has 0 aliphatic heterocycles. The Kier molecular flexibility index (Phi) is 5.71. The maximum Gasteiger partial charge on any atom is 0.00923 e. The molecule has 0 spiro atoms. The van der Waals surface area contributed by atoms with Gasteiger partial charge in [0.2, 0.25) is 0 Å². The number of rotatable bonds is 4.